The zero-order valence-electron chi connectivity index (χ0n) is 22.5. The van der Waals surface area contributed by atoms with Crippen molar-refractivity contribution in [1.82, 2.24) is 0 Å². The van der Waals surface area contributed by atoms with E-state index >= 15 is 0 Å². The van der Waals surface area contributed by atoms with Crippen molar-refractivity contribution in [3.8, 4) is 0 Å². The molecule has 0 bridgehead atoms. The van der Waals surface area contributed by atoms with Crippen LogP contribution in [0.25, 0.3) is 0 Å². The number of rotatable bonds is 14. The Balaban J connectivity index is 2.52. The summed E-state index contributed by atoms with van der Waals surface area (Å²) in [5, 5.41) is 0. The van der Waals surface area contributed by atoms with E-state index in [2.05, 4.69) is 13.8 Å². The van der Waals surface area contributed by atoms with Crippen LogP contribution in [0.4, 0.5) is 0 Å². The van der Waals surface area contributed by atoms with Crippen LogP contribution in [0.5, 0.6) is 0 Å². The number of hydrogen-bond donors (Lipinski definition) is 1. The molecule has 0 aromatic rings. The van der Waals surface area contributed by atoms with E-state index in [1.165, 1.54) is 51.4 Å². The first-order valence-electron chi connectivity index (χ1n) is 14.1. The summed E-state index contributed by atoms with van der Waals surface area (Å²) in [6, 6.07) is 0. The van der Waals surface area contributed by atoms with E-state index in [9.17, 15) is 9.46 Å². The first kappa shape index (κ1) is 33.0. The van der Waals surface area contributed by atoms with Gasteiger partial charge in [0.2, 0.25) is 0 Å². The minimum atomic E-state index is -4.20. The summed E-state index contributed by atoms with van der Waals surface area (Å²) in [6.07, 6.45) is 15.1. The fourth-order valence-corrected chi connectivity index (χ4v) is 4.78. The SMILES string of the molecule is CCCCCCCCC1COP(=O)(O)OC[C@H](CCCCCCCC)OCCOCCOCCO1. The van der Waals surface area contributed by atoms with Gasteiger partial charge in [0.25, 0.3) is 0 Å². The Morgan fingerprint density at radius 3 is 1.40 bits per heavy atom. The molecule has 1 rings (SSSR count). The molecule has 1 aliphatic rings. The van der Waals surface area contributed by atoms with E-state index in [0.29, 0.717) is 39.6 Å². The van der Waals surface area contributed by atoms with Gasteiger partial charge in [0.1, 0.15) is 0 Å². The molecule has 1 N–H and O–H groups in total. The average molecular weight is 525 g/mol. The molecule has 0 amide bonds. The van der Waals surface area contributed by atoms with Gasteiger partial charge >= 0.3 is 7.82 Å². The molecule has 0 radical (unpaired) electrons. The molecule has 8 nitrogen and oxygen atoms in total. The Morgan fingerprint density at radius 1 is 0.600 bits per heavy atom. The molecular weight excluding hydrogens is 471 g/mol. The highest BCUT2D eigenvalue weighted by Gasteiger charge is 2.26. The van der Waals surface area contributed by atoms with Crippen LogP contribution in [-0.2, 0) is 32.6 Å². The number of phosphoric ester groups is 1. The zero-order valence-corrected chi connectivity index (χ0v) is 23.4. The first-order valence-corrected chi connectivity index (χ1v) is 15.6. The third-order valence-electron chi connectivity index (χ3n) is 6.14. The molecule has 9 heteroatoms. The van der Waals surface area contributed by atoms with Gasteiger partial charge in [-0.15, -0.1) is 0 Å². The Kier molecular flexibility index (Phi) is 21.8. The van der Waals surface area contributed by atoms with Gasteiger partial charge in [-0.3, -0.25) is 9.05 Å². The molecule has 35 heavy (non-hydrogen) atoms. The summed E-state index contributed by atoms with van der Waals surface area (Å²) >= 11 is 0. The van der Waals surface area contributed by atoms with Crippen LogP contribution in [-0.4, -0.2) is 70.0 Å². The second-order valence-electron chi connectivity index (χ2n) is 9.38. The first-order chi connectivity index (χ1) is 17.1. The second-order valence-corrected chi connectivity index (χ2v) is 10.8. The van der Waals surface area contributed by atoms with Crippen molar-refractivity contribution in [3.05, 3.63) is 0 Å². The van der Waals surface area contributed by atoms with Crippen LogP contribution in [0.3, 0.4) is 0 Å². The molecule has 0 spiro atoms. The summed E-state index contributed by atoms with van der Waals surface area (Å²) in [5.74, 6) is 0. The third-order valence-corrected chi connectivity index (χ3v) is 7.09. The number of phosphoric acid groups is 1. The van der Waals surface area contributed by atoms with Crippen molar-refractivity contribution in [3.63, 3.8) is 0 Å². The highest BCUT2D eigenvalue weighted by molar-refractivity contribution is 7.47. The lowest BCUT2D eigenvalue weighted by Crippen LogP contribution is -2.23. The fourth-order valence-electron chi connectivity index (χ4n) is 4.00. The van der Waals surface area contributed by atoms with E-state index < -0.39 is 7.82 Å². The molecule has 1 fully saturated rings. The zero-order chi connectivity index (χ0) is 25.5. The monoisotopic (exact) mass is 524 g/mol. The summed E-state index contributed by atoms with van der Waals surface area (Å²) in [4.78, 5) is 10.3. The molecular formula is C26H53O8P. The Bertz CT molecular complexity index is 468. The Morgan fingerprint density at radius 2 is 0.971 bits per heavy atom. The van der Waals surface area contributed by atoms with Gasteiger partial charge in [-0.1, -0.05) is 90.9 Å². The van der Waals surface area contributed by atoms with Gasteiger partial charge in [0.05, 0.1) is 65.1 Å². The van der Waals surface area contributed by atoms with Crippen LogP contribution in [0.2, 0.25) is 0 Å². The molecule has 1 saturated heterocycles. The number of ether oxygens (including phenoxy) is 4. The van der Waals surface area contributed by atoms with Crippen molar-refractivity contribution >= 4 is 7.82 Å². The van der Waals surface area contributed by atoms with E-state index in [4.69, 9.17) is 28.0 Å². The maximum atomic E-state index is 12.5. The molecule has 210 valence electrons. The van der Waals surface area contributed by atoms with Crippen LogP contribution in [0.15, 0.2) is 0 Å². The smallest absolute Gasteiger partial charge is 0.377 e. The van der Waals surface area contributed by atoms with Crippen LogP contribution < -0.4 is 0 Å². The minimum Gasteiger partial charge on any atom is -0.377 e. The predicted octanol–water partition coefficient (Wildman–Crippen LogP) is 6.44. The van der Waals surface area contributed by atoms with Gasteiger partial charge in [0.15, 0.2) is 0 Å². The molecule has 1 aliphatic heterocycles. The van der Waals surface area contributed by atoms with Gasteiger partial charge < -0.3 is 23.8 Å². The van der Waals surface area contributed by atoms with Crippen LogP contribution in [0.1, 0.15) is 104 Å². The van der Waals surface area contributed by atoms with Gasteiger partial charge in [-0.05, 0) is 12.8 Å². The summed E-state index contributed by atoms with van der Waals surface area (Å²) in [5.41, 5.74) is 0. The number of hydrogen-bond acceptors (Lipinski definition) is 7. The van der Waals surface area contributed by atoms with Crippen molar-refractivity contribution in [2.45, 2.75) is 116 Å². The molecule has 2 unspecified atom stereocenters. The van der Waals surface area contributed by atoms with Crippen molar-refractivity contribution in [1.29, 1.82) is 0 Å². The van der Waals surface area contributed by atoms with Crippen molar-refractivity contribution in [2.75, 3.05) is 52.9 Å². The summed E-state index contributed by atoms with van der Waals surface area (Å²) < 4.78 is 46.1. The molecule has 0 saturated carbocycles. The second kappa shape index (κ2) is 23.1. The highest BCUT2D eigenvalue weighted by atomic mass is 31.2. The number of unbranched alkanes of at least 4 members (excludes halogenated alkanes) is 10. The quantitative estimate of drug-likeness (QED) is 0.205. The molecule has 0 aromatic heterocycles. The van der Waals surface area contributed by atoms with E-state index in [0.717, 1.165) is 38.5 Å². The van der Waals surface area contributed by atoms with Gasteiger partial charge in [-0.25, -0.2) is 4.57 Å². The predicted molar refractivity (Wildman–Crippen MR) is 139 cm³/mol. The van der Waals surface area contributed by atoms with E-state index in [1.54, 1.807) is 0 Å². The largest absolute Gasteiger partial charge is 0.472 e. The average Bonchev–Trinajstić information content (AvgIpc) is 2.84. The summed E-state index contributed by atoms with van der Waals surface area (Å²) in [6.45, 7) is 7.16. The maximum Gasteiger partial charge on any atom is 0.472 e. The maximum absolute atomic E-state index is 12.5. The van der Waals surface area contributed by atoms with E-state index in [1.807, 2.05) is 0 Å². The topological polar surface area (TPSA) is 92.7 Å². The van der Waals surface area contributed by atoms with Crippen molar-refractivity contribution in [2.24, 2.45) is 0 Å². The standard InChI is InChI=1S/C26H53O8P/c1-3-5-7-9-11-13-15-25-23-33-35(27,28)34-24-26(16-14-12-10-8-6-4-2)32-22-20-30-18-17-29-19-21-31-25/h25-26H,3-24H2,1-2H3,(H,27,28)/t25-,26?/m0/s1. The fraction of sp³-hybridized carbons (Fsp3) is 1.00. The van der Waals surface area contributed by atoms with Gasteiger partial charge in [-0.2, -0.15) is 0 Å². The van der Waals surface area contributed by atoms with E-state index in [-0.39, 0.29) is 25.4 Å². The lowest BCUT2D eigenvalue weighted by molar-refractivity contribution is -0.0368. The highest BCUT2D eigenvalue weighted by Crippen LogP contribution is 2.44. The molecule has 0 aromatic carbocycles. The third kappa shape index (κ3) is 20.7. The van der Waals surface area contributed by atoms with Crippen LogP contribution >= 0.6 is 7.82 Å². The Hall–Kier alpha value is -0.0500. The lowest BCUT2D eigenvalue weighted by Gasteiger charge is -2.22. The molecule has 1 heterocycles. The van der Waals surface area contributed by atoms with Crippen molar-refractivity contribution < 1.29 is 37.5 Å². The summed E-state index contributed by atoms with van der Waals surface area (Å²) in [7, 11) is -4.20. The molecule has 3 atom stereocenters. The Labute approximate surface area is 214 Å². The van der Waals surface area contributed by atoms with Crippen LogP contribution in [0, 0.1) is 0 Å². The normalized spacial score (nSPS) is 26.4. The lowest BCUT2D eigenvalue weighted by atomic mass is 10.1. The molecule has 0 aliphatic carbocycles. The minimum absolute atomic E-state index is 0.0226. The van der Waals surface area contributed by atoms with Gasteiger partial charge in [0, 0.05) is 0 Å².